The topological polar surface area (TPSA) is 62.5 Å². The fourth-order valence-corrected chi connectivity index (χ4v) is 3.97. The largest absolute Gasteiger partial charge is 0.480 e. The summed E-state index contributed by atoms with van der Waals surface area (Å²) in [6.07, 6.45) is 1.75. The molecule has 2 heterocycles. The number of aryl methyl sites for hydroxylation is 1. The maximum Gasteiger partial charge on any atom is 0.327 e. The Kier molecular flexibility index (Phi) is 4.42. The standard InChI is InChI=1S/C14H20N2O3S/c1-4-5-12-16(11(8-20-12)14(18)19)13(17)10-7-6-9(2)15(10)3/h6-7,11-12H,4-5,8H2,1-3H3,(H,18,19). The fourth-order valence-electron chi connectivity index (χ4n) is 2.46. The summed E-state index contributed by atoms with van der Waals surface area (Å²) in [4.78, 5) is 25.6. The van der Waals surface area contributed by atoms with E-state index in [1.807, 2.05) is 31.5 Å². The zero-order valence-corrected chi connectivity index (χ0v) is 12.8. The molecule has 6 heteroatoms. The summed E-state index contributed by atoms with van der Waals surface area (Å²) in [6, 6.07) is 2.92. The molecule has 1 aromatic heterocycles. The van der Waals surface area contributed by atoms with Crippen LogP contribution in [0.15, 0.2) is 12.1 Å². The average molecular weight is 296 g/mol. The van der Waals surface area contributed by atoms with Crippen molar-refractivity contribution in [3.05, 3.63) is 23.5 Å². The summed E-state index contributed by atoms with van der Waals surface area (Å²) < 4.78 is 1.81. The number of rotatable bonds is 4. The van der Waals surface area contributed by atoms with E-state index in [1.165, 1.54) is 0 Å². The minimum atomic E-state index is -0.921. The highest BCUT2D eigenvalue weighted by Crippen LogP contribution is 2.33. The van der Waals surface area contributed by atoms with Crippen LogP contribution in [0, 0.1) is 6.92 Å². The molecule has 0 bridgehead atoms. The minimum absolute atomic E-state index is 0.0381. The quantitative estimate of drug-likeness (QED) is 0.924. The van der Waals surface area contributed by atoms with Gasteiger partial charge in [0.15, 0.2) is 0 Å². The van der Waals surface area contributed by atoms with Crippen molar-refractivity contribution in [2.75, 3.05) is 5.75 Å². The van der Waals surface area contributed by atoms with E-state index in [0.29, 0.717) is 11.4 Å². The number of thioether (sulfide) groups is 1. The molecular weight excluding hydrogens is 276 g/mol. The van der Waals surface area contributed by atoms with Gasteiger partial charge in [0.2, 0.25) is 0 Å². The van der Waals surface area contributed by atoms with Gasteiger partial charge in [-0.2, -0.15) is 0 Å². The van der Waals surface area contributed by atoms with Crippen molar-refractivity contribution >= 4 is 23.6 Å². The van der Waals surface area contributed by atoms with Gasteiger partial charge in [-0.3, -0.25) is 4.79 Å². The maximum absolute atomic E-state index is 12.7. The highest BCUT2D eigenvalue weighted by molar-refractivity contribution is 8.00. The number of nitrogens with zero attached hydrogens (tertiary/aromatic N) is 2. The fraction of sp³-hybridized carbons (Fsp3) is 0.571. The third-order valence-electron chi connectivity index (χ3n) is 3.74. The third kappa shape index (κ3) is 2.57. The van der Waals surface area contributed by atoms with Gasteiger partial charge in [0.05, 0.1) is 5.37 Å². The van der Waals surface area contributed by atoms with Crippen LogP contribution in [0.3, 0.4) is 0 Å². The molecule has 1 N–H and O–H groups in total. The molecule has 2 atom stereocenters. The summed E-state index contributed by atoms with van der Waals surface area (Å²) in [5.41, 5.74) is 1.54. The Morgan fingerprint density at radius 1 is 1.45 bits per heavy atom. The molecule has 1 saturated heterocycles. The zero-order valence-electron chi connectivity index (χ0n) is 12.0. The SMILES string of the molecule is CCCC1SCC(C(=O)O)N1C(=O)c1ccc(C)n1C. The van der Waals surface area contributed by atoms with Crippen molar-refractivity contribution in [2.45, 2.75) is 38.1 Å². The van der Waals surface area contributed by atoms with Crippen LogP contribution in [0.25, 0.3) is 0 Å². The lowest BCUT2D eigenvalue weighted by Gasteiger charge is -2.27. The number of aliphatic carboxylic acids is 1. The van der Waals surface area contributed by atoms with Crippen molar-refractivity contribution in [3.63, 3.8) is 0 Å². The molecule has 1 fully saturated rings. The van der Waals surface area contributed by atoms with Crippen LogP contribution < -0.4 is 0 Å². The summed E-state index contributed by atoms with van der Waals surface area (Å²) in [7, 11) is 1.83. The van der Waals surface area contributed by atoms with E-state index in [-0.39, 0.29) is 11.3 Å². The van der Waals surface area contributed by atoms with Crippen molar-refractivity contribution in [3.8, 4) is 0 Å². The molecule has 1 aliphatic rings. The summed E-state index contributed by atoms with van der Waals surface area (Å²) >= 11 is 1.56. The molecule has 0 radical (unpaired) electrons. The Bertz CT molecular complexity index is 526. The predicted molar refractivity (Wildman–Crippen MR) is 78.9 cm³/mol. The first kappa shape index (κ1) is 15.0. The van der Waals surface area contributed by atoms with Crippen molar-refractivity contribution < 1.29 is 14.7 Å². The number of carbonyl (C=O) groups is 2. The highest BCUT2D eigenvalue weighted by Gasteiger charge is 2.42. The normalized spacial score (nSPS) is 22.2. The second-order valence-corrected chi connectivity index (χ2v) is 6.27. The molecule has 2 unspecified atom stereocenters. The Morgan fingerprint density at radius 2 is 2.15 bits per heavy atom. The Morgan fingerprint density at radius 3 is 2.65 bits per heavy atom. The van der Waals surface area contributed by atoms with Gasteiger partial charge in [-0.15, -0.1) is 11.8 Å². The molecule has 0 aromatic carbocycles. The van der Waals surface area contributed by atoms with E-state index >= 15 is 0 Å². The molecule has 2 rings (SSSR count). The molecule has 20 heavy (non-hydrogen) atoms. The lowest BCUT2D eigenvalue weighted by Crippen LogP contribution is -2.46. The van der Waals surface area contributed by atoms with E-state index in [0.717, 1.165) is 18.5 Å². The lowest BCUT2D eigenvalue weighted by atomic mass is 10.2. The Labute approximate surface area is 122 Å². The van der Waals surface area contributed by atoms with Gasteiger partial charge < -0.3 is 14.6 Å². The van der Waals surface area contributed by atoms with Crippen molar-refractivity contribution in [1.82, 2.24) is 9.47 Å². The smallest absolute Gasteiger partial charge is 0.327 e. The van der Waals surface area contributed by atoms with Crippen LogP contribution in [0.4, 0.5) is 0 Å². The second-order valence-electron chi connectivity index (χ2n) is 5.06. The highest BCUT2D eigenvalue weighted by atomic mass is 32.2. The molecule has 0 aliphatic carbocycles. The van der Waals surface area contributed by atoms with Gasteiger partial charge in [-0.05, 0) is 25.5 Å². The predicted octanol–water partition coefficient (Wildman–Crippen LogP) is 2.10. The molecule has 110 valence electrons. The third-order valence-corrected chi connectivity index (χ3v) is 5.10. The van der Waals surface area contributed by atoms with Crippen molar-refractivity contribution in [2.24, 2.45) is 7.05 Å². The van der Waals surface area contributed by atoms with E-state index in [9.17, 15) is 14.7 Å². The van der Waals surface area contributed by atoms with Crippen LogP contribution in [0.1, 0.15) is 35.9 Å². The Balaban J connectivity index is 2.32. The minimum Gasteiger partial charge on any atom is -0.480 e. The second kappa shape index (κ2) is 5.91. The molecular formula is C14H20N2O3S. The molecule has 1 amide bonds. The van der Waals surface area contributed by atoms with Crippen molar-refractivity contribution in [1.29, 1.82) is 0 Å². The first-order chi connectivity index (χ1) is 9.47. The van der Waals surface area contributed by atoms with Crippen LogP contribution in [0.5, 0.6) is 0 Å². The number of aromatic nitrogens is 1. The number of carbonyl (C=O) groups excluding carboxylic acids is 1. The van der Waals surface area contributed by atoms with Gasteiger partial charge in [0.25, 0.3) is 5.91 Å². The molecule has 1 aliphatic heterocycles. The summed E-state index contributed by atoms with van der Waals surface area (Å²) in [5, 5.41) is 9.29. The molecule has 1 aromatic rings. The van der Waals surface area contributed by atoms with E-state index in [2.05, 4.69) is 0 Å². The number of hydrogen-bond acceptors (Lipinski definition) is 3. The van der Waals surface area contributed by atoms with E-state index in [1.54, 1.807) is 22.7 Å². The number of carboxylic acid groups (broad SMARTS) is 1. The van der Waals surface area contributed by atoms with E-state index < -0.39 is 12.0 Å². The zero-order chi connectivity index (χ0) is 14.9. The van der Waals surface area contributed by atoms with Crippen LogP contribution in [0.2, 0.25) is 0 Å². The monoisotopic (exact) mass is 296 g/mol. The van der Waals surface area contributed by atoms with Crippen LogP contribution in [-0.2, 0) is 11.8 Å². The number of amides is 1. The van der Waals surface area contributed by atoms with Crippen LogP contribution >= 0.6 is 11.8 Å². The maximum atomic E-state index is 12.7. The molecule has 0 spiro atoms. The lowest BCUT2D eigenvalue weighted by molar-refractivity contribution is -0.141. The van der Waals surface area contributed by atoms with Gasteiger partial charge >= 0.3 is 5.97 Å². The Hall–Kier alpha value is -1.43. The number of hydrogen-bond donors (Lipinski definition) is 1. The van der Waals surface area contributed by atoms with Gasteiger partial charge in [-0.1, -0.05) is 13.3 Å². The first-order valence-corrected chi connectivity index (χ1v) is 7.81. The van der Waals surface area contributed by atoms with Gasteiger partial charge in [-0.25, -0.2) is 4.79 Å². The number of carboxylic acids is 1. The molecule has 5 nitrogen and oxygen atoms in total. The van der Waals surface area contributed by atoms with Gasteiger partial charge in [0, 0.05) is 18.5 Å². The first-order valence-electron chi connectivity index (χ1n) is 6.76. The van der Waals surface area contributed by atoms with E-state index in [4.69, 9.17) is 0 Å². The molecule has 0 saturated carbocycles. The average Bonchev–Trinajstić information content (AvgIpc) is 2.95. The summed E-state index contributed by atoms with van der Waals surface area (Å²) in [5.74, 6) is -0.637. The van der Waals surface area contributed by atoms with Crippen LogP contribution in [-0.4, -0.2) is 43.6 Å². The van der Waals surface area contributed by atoms with Gasteiger partial charge in [0.1, 0.15) is 11.7 Å². The summed E-state index contributed by atoms with van der Waals surface area (Å²) in [6.45, 7) is 3.97.